The van der Waals surface area contributed by atoms with Gasteiger partial charge in [-0.25, -0.2) is 9.97 Å². The molecule has 1 aromatic carbocycles. The van der Waals surface area contributed by atoms with E-state index in [2.05, 4.69) is 20.6 Å². The Bertz CT molecular complexity index is 885. The molecule has 2 aromatic heterocycles. The highest BCUT2D eigenvalue weighted by atomic mass is 35.5. The van der Waals surface area contributed by atoms with Crippen LogP contribution in [0.4, 0.5) is 5.95 Å². The number of nitrogens with zero attached hydrogens (tertiary/aromatic N) is 2. The third kappa shape index (κ3) is 4.97. The molecule has 2 heterocycles. The van der Waals surface area contributed by atoms with E-state index < -0.39 is 0 Å². The average molecular weight is 391 g/mol. The summed E-state index contributed by atoms with van der Waals surface area (Å²) in [5, 5.41) is 7.05. The first kappa shape index (κ1) is 18.2. The minimum absolute atomic E-state index is 0.276. The molecular weight excluding hydrogens is 375 g/mol. The van der Waals surface area contributed by atoms with Crippen molar-refractivity contribution in [3.05, 3.63) is 75.9 Å². The lowest BCUT2D eigenvalue weighted by Crippen LogP contribution is -2.24. The number of benzene rings is 1. The smallest absolute Gasteiger partial charge is 0.270 e. The molecule has 0 saturated heterocycles. The van der Waals surface area contributed by atoms with Gasteiger partial charge in [0.15, 0.2) is 0 Å². The number of carbonyl (C=O) groups excluding carboxylic acids is 1. The second kappa shape index (κ2) is 8.69. The van der Waals surface area contributed by atoms with Crippen molar-refractivity contribution in [2.24, 2.45) is 0 Å². The molecule has 0 saturated carbocycles. The maximum absolute atomic E-state index is 12.2. The lowest BCUT2D eigenvalue weighted by atomic mass is 10.1. The fourth-order valence-electron chi connectivity index (χ4n) is 2.27. The van der Waals surface area contributed by atoms with Crippen LogP contribution in [-0.2, 0) is 13.0 Å². The van der Waals surface area contributed by atoms with Crippen molar-refractivity contribution >= 4 is 35.1 Å². The molecule has 134 valence electrons. The van der Waals surface area contributed by atoms with Crippen LogP contribution in [0, 0.1) is 0 Å². The van der Waals surface area contributed by atoms with Gasteiger partial charge in [0, 0.05) is 22.8 Å². The average Bonchev–Trinajstić information content (AvgIpc) is 3.15. The summed E-state index contributed by atoms with van der Waals surface area (Å²) < 4.78 is 5.18. The van der Waals surface area contributed by atoms with E-state index in [0.29, 0.717) is 41.3 Å². The number of hydrogen-bond acceptors (Lipinski definition) is 5. The van der Waals surface area contributed by atoms with Gasteiger partial charge in [0.2, 0.25) is 5.95 Å². The zero-order valence-electron chi connectivity index (χ0n) is 13.7. The standard InChI is InChI=1S/C18H16Cl2N4O2/c19-13-4-3-12(15(20)10-13)5-7-21-18-22-8-6-16(24-18)17(25)23-11-14-2-1-9-26-14/h1-4,6,8-10H,5,7,11H2,(H,23,25)(H,21,22,24). The summed E-state index contributed by atoms with van der Waals surface area (Å²) in [6.45, 7) is 0.868. The molecule has 3 aromatic rings. The SMILES string of the molecule is O=C(NCc1ccco1)c1ccnc(NCCc2ccc(Cl)cc2Cl)n1. The van der Waals surface area contributed by atoms with Gasteiger partial charge in [-0.15, -0.1) is 0 Å². The van der Waals surface area contributed by atoms with Crippen LogP contribution in [-0.4, -0.2) is 22.4 Å². The molecule has 0 aliphatic heterocycles. The largest absolute Gasteiger partial charge is 0.467 e. The zero-order valence-corrected chi connectivity index (χ0v) is 15.2. The lowest BCUT2D eigenvalue weighted by molar-refractivity contribution is 0.0943. The van der Waals surface area contributed by atoms with Gasteiger partial charge >= 0.3 is 0 Å². The van der Waals surface area contributed by atoms with Gasteiger partial charge in [-0.2, -0.15) is 0 Å². The van der Waals surface area contributed by atoms with Crippen molar-refractivity contribution in [2.45, 2.75) is 13.0 Å². The van der Waals surface area contributed by atoms with Crippen molar-refractivity contribution in [1.82, 2.24) is 15.3 Å². The van der Waals surface area contributed by atoms with Crippen molar-refractivity contribution < 1.29 is 9.21 Å². The van der Waals surface area contributed by atoms with Crippen molar-refractivity contribution in [3.8, 4) is 0 Å². The van der Waals surface area contributed by atoms with Gasteiger partial charge in [-0.05, 0) is 42.3 Å². The van der Waals surface area contributed by atoms with E-state index in [1.54, 1.807) is 36.6 Å². The predicted octanol–water partition coefficient (Wildman–Crippen LogP) is 3.96. The number of anilines is 1. The van der Waals surface area contributed by atoms with Crippen LogP contribution in [0.3, 0.4) is 0 Å². The summed E-state index contributed by atoms with van der Waals surface area (Å²) >= 11 is 12.0. The number of rotatable bonds is 7. The van der Waals surface area contributed by atoms with Crippen LogP contribution >= 0.6 is 23.2 Å². The molecule has 0 unspecified atom stereocenters. The molecule has 0 radical (unpaired) electrons. The Hall–Kier alpha value is -2.57. The van der Waals surface area contributed by atoms with Gasteiger partial charge in [0.1, 0.15) is 11.5 Å². The minimum Gasteiger partial charge on any atom is -0.467 e. The maximum atomic E-state index is 12.2. The van der Waals surface area contributed by atoms with E-state index in [1.165, 1.54) is 6.20 Å². The molecular formula is C18H16Cl2N4O2. The van der Waals surface area contributed by atoms with Crippen LogP contribution < -0.4 is 10.6 Å². The van der Waals surface area contributed by atoms with Gasteiger partial charge in [0.05, 0.1) is 12.8 Å². The quantitative estimate of drug-likeness (QED) is 0.637. The first-order valence-electron chi connectivity index (χ1n) is 7.93. The maximum Gasteiger partial charge on any atom is 0.270 e. The summed E-state index contributed by atoms with van der Waals surface area (Å²) in [5.74, 6) is 0.749. The van der Waals surface area contributed by atoms with Crippen LogP contribution in [0.15, 0.2) is 53.3 Å². The fourth-order valence-corrected chi connectivity index (χ4v) is 2.78. The van der Waals surface area contributed by atoms with Gasteiger partial charge in [-0.1, -0.05) is 29.3 Å². The molecule has 26 heavy (non-hydrogen) atoms. The second-order valence-corrected chi connectivity index (χ2v) is 6.28. The predicted molar refractivity (Wildman–Crippen MR) is 101 cm³/mol. The van der Waals surface area contributed by atoms with Crippen LogP contribution in [0.25, 0.3) is 0 Å². The Kier molecular flexibility index (Phi) is 6.09. The molecule has 1 amide bonds. The highest BCUT2D eigenvalue weighted by Gasteiger charge is 2.09. The second-order valence-electron chi connectivity index (χ2n) is 5.44. The molecule has 0 spiro atoms. The molecule has 6 nitrogen and oxygen atoms in total. The number of halogens is 2. The van der Waals surface area contributed by atoms with Crippen molar-refractivity contribution in [1.29, 1.82) is 0 Å². The fraction of sp³-hybridized carbons (Fsp3) is 0.167. The van der Waals surface area contributed by atoms with Crippen molar-refractivity contribution in [3.63, 3.8) is 0 Å². The van der Waals surface area contributed by atoms with Crippen LogP contribution in [0.2, 0.25) is 10.0 Å². The first-order valence-corrected chi connectivity index (χ1v) is 8.69. The molecule has 0 aliphatic carbocycles. The zero-order chi connectivity index (χ0) is 18.4. The highest BCUT2D eigenvalue weighted by molar-refractivity contribution is 6.35. The summed E-state index contributed by atoms with van der Waals surface area (Å²) in [4.78, 5) is 20.5. The molecule has 0 aliphatic rings. The van der Waals surface area contributed by atoms with E-state index in [-0.39, 0.29) is 11.6 Å². The number of carbonyl (C=O) groups is 1. The van der Waals surface area contributed by atoms with E-state index in [1.807, 2.05) is 6.07 Å². The molecule has 0 atom stereocenters. The molecule has 0 fully saturated rings. The summed E-state index contributed by atoms with van der Waals surface area (Å²) in [6, 6.07) is 10.5. The Balaban J connectivity index is 1.54. The van der Waals surface area contributed by atoms with Crippen molar-refractivity contribution in [2.75, 3.05) is 11.9 Å². The van der Waals surface area contributed by atoms with E-state index >= 15 is 0 Å². The summed E-state index contributed by atoms with van der Waals surface area (Å²) in [7, 11) is 0. The minimum atomic E-state index is -0.299. The number of hydrogen-bond donors (Lipinski definition) is 2. The van der Waals surface area contributed by atoms with E-state index in [4.69, 9.17) is 27.6 Å². The number of aromatic nitrogens is 2. The van der Waals surface area contributed by atoms with E-state index in [0.717, 1.165) is 5.56 Å². The molecule has 8 heteroatoms. The summed E-state index contributed by atoms with van der Waals surface area (Å²) in [6.07, 6.45) is 3.77. The molecule has 3 rings (SSSR count). The monoisotopic (exact) mass is 390 g/mol. The number of furan rings is 1. The van der Waals surface area contributed by atoms with Gasteiger partial charge in [-0.3, -0.25) is 4.79 Å². The Morgan fingerprint density at radius 1 is 1.19 bits per heavy atom. The first-order chi connectivity index (χ1) is 12.6. The molecule has 2 N–H and O–H groups in total. The summed E-state index contributed by atoms with van der Waals surface area (Å²) in [5.41, 5.74) is 1.24. The highest BCUT2D eigenvalue weighted by Crippen LogP contribution is 2.21. The number of nitrogens with one attached hydrogen (secondary N) is 2. The van der Waals surface area contributed by atoms with Crippen LogP contribution in [0.1, 0.15) is 21.8 Å². The normalized spacial score (nSPS) is 10.5. The Morgan fingerprint density at radius 3 is 2.85 bits per heavy atom. The Morgan fingerprint density at radius 2 is 2.08 bits per heavy atom. The van der Waals surface area contributed by atoms with E-state index in [9.17, 15) is 4.79 Å². The topological polar surface area (TPSA) is 80.0 Å². The van der Waals surface area contributed by atoms with Gasteiger partial charge < -0.3 is 15.1 Å². The third-order valence-corrected chi connectivity index (χ3v) is 4.17. The molecule has 0 bridgehead atoms. The van der Waals surface area contributed by atoms with Crippen LogP contribution in [0.5, 0.6) is 0 Å². The van der Waals surface area contributed by atoms with Gasteiger partial charge in [0.25, 0.3) is 5.91 Å². The Labute approximate surface area is 160 Å². The number of amides is 1. The third-order valence-electron chi connectivity index (χ3n) is 3.58. The lowest BCUT2D eigenvalue weighted by Gasteiger charge is -2.08.